The van der Waals surface area contributed by atoms with Gasteiger partial charge in [-0.1, -0.05) is 18.2 Å². The van der Waals surface area contributed by atoms with Crippen molar-refractivity contribution in [1.82, 2.24) is 5.32 Å². The number of benzene rings is 3. The molecule has 1 aliphatic carbocycles. The highest BCUT2D eigenvalue weighted by Crippen LogP contribution is 2.46. The van der Waals surface area contributed by atoms with Crippen molar-refractivity contribution in [1.29, 1.82) is 0 Å². The number of aryl methyl sites for hydroxylation is 1. The van der Waals surface area contributed by atoms with Crippen LogP contribution in [-0.2, 0) is 11.2 Å². The summed E-state index contributed by atoms with van der Waals surface area (Å²) >= 11 is 0. The summed E-state index contributed by atoms with van der Waals surface area (Å²) in [5.41, 5.74) is 5.75. The van der Waals surface area contributed by atoms with E-state index in [2.05, 4.69) is 16.7 Å². The zero-order valence-corrected chi connectivity index (χ0v) is 22.3. The van der Waals surface area contributed by atoms with Gasteiger partial charge in [0.15, 0.2) is 5.78 Å². The third-order valence-electron chi connectivity index (χ3n) is 7.09. The Morgan fingerprint density at radius 2 is 1.85 bits per heavy atom. The standard InChI is InChI=1S/C32H33FN2O4/c1-20(36)24-7-3-5-21(17-24)6-4-15-38-16-14-35-28-19-29-27(18-26(28)22-8-9-22)30(32(37)34-2)31(39-29)23-10-12-25(33)13-11-23/h3,5,7,10-13,17-19,22,35H,4,6,8-9,14-16H2,1-2H3,(H,34,37). The predicted molar refractivity (Wildman–Crippen MR) is 151 cm³/mol. The molecular weight excluding hydrogens is 495 g/mol. The SMILES string of the molecule is CNC(=O)c1c(-c2ccc(F)cc2)oc2cc(NCCOCCCc3cccc(C(C)=O)c3)c(C3CC3)cc12. The smallest absolute Gasteiger partial charge is 0.255 e. The number of furan rings is 1. The Morgan fingerprint density at radius 3 is 2.56 bits per heavy atom. The Bertz CT molecular complexity index is 1490. The molecule has 3 aromatic carbocycles. The number of nitrogens with one attached hydrogen (secondary N) is 2. The van der Waals surface area contributed by atoms with Crippen LogP contribution in [0.4, 0.5) is 10.1 Å². The van der Waals surface area contributed by atoms with Crippen LogP contribution in [0.25, 0.3) is 22.3 Å². The molecular formula is C32H33FN2O4. The molecule has 1 heterocycles. The summed E-state index contributed by atoms with van der Waals surface area (Å²) in [5.74, 6) is 0.375. The second kappa shape index (κ2) is 11.8. The van der Waals surface area contributed by atoms with Crippen molar-refractivity contribution in [3.05, 3.63) is 88.7 Å². The van der Waals surface area contributed by atoms with Crippen LogP contribution in [0.2, 0.25) is 0 Å². The molecule has 0 atom stereocenters. The zero-order valence-electron chi connectivity index (χ0n) is 22.3. The lowest BCUT2D eigenvalue weighted by Crippen LogP contribution is -2.18. The number of rotatable bonds is 12. The molecule has 0 spiro atoms. The molecule has 0 aliphatic heterocycles. The molecule has 0 unspecified atom stereocenters. The fourth-order valence-electron chi connectivity index (χ4n) is 4.88. The molecule has 5 rings (SSSR count). The van der Waals surface area contributed by atoms with Crippen molar-refractivity contribution < 1.29 is 23.1 Å². The monoisotopic (exact) mass is 528 g/mol. The summed E-state index contributed by atoms with van der Waals surface area (Å²) in [6, 6.07) is 17.7. The highest BCUT2D eigenvalue weighted by Gasteiger charge is 2.29. The molecule has 1 saturated carbocycles. The van der Waals surface area contributed by atoms with Gasteiger partial charge < -0.3 is 19.8 Å². The number of ether oxygens (including phenoxy) is 1. The van der Waals surface area contributed by atoms with E-state index in [1.165, 1.54) is 17.7 Å². The molecule has 0 bridgehead atoms. The highest BCUT2D eigenvalue weighted by atomic mass is 19.1. The molecule has 1 amide bonds. The highest BCUT2D eigenvalue weighted by molar-refractivity contribution is 6.11. The minimum Gasteiger partial charge on any atom is -0.455 e. The van der Waals surface area contributed by atoms with Crippen LogP contribution in [0.3, 0.4) is 0 Å². The van der Waals surface area contributed by atoms with Crippen LogP contribution in [0.1, 0.15) is 63.9 Å². The Balaban J connectivity index is 1.25. The van der Waals surface area contributed by atoms with E-state index in [-0.39, 0.29) is 17.5 Å². The lowest BCUT2D eigenvalue weighted by Gasteiger charge is -2.13. The average Bonchev–Trinajstić information content (AvgIpc) is 3.72. The van der Waals surface area contributed by atoms with Gasteiger partial charge in [0.05, 0.1) is 12.2 Å². The van der Waals surface area contributed by atoms with Crippen molar-refractivity contribution in [2.75, 3.05) is 32.1 Å². The first-order valence-corrected chi connectivity index (χ1v) is 13.4. The van der Waals surface area contributed by atoms with E-state index in [1.807, 2.05) is 30.3 Å². The van der Waals surface area contributed by atoms with Crippen molar-refractivity contribution >= 4 is 28.3 Å². The maximum Gasteiger partial charge on any atom is 0.255 e. The molecule has 2 N–H and O–H groups in total. The number of anilines is 1. The number of amides is 1. The van der Waals surface area contributed by atoms with Gasteiger partial charge >= 0.3 is 0 Å². The summed E-state index contributed by atoms with van der Waals surface area (Å²) < 4.78 is 25.6. The number of halogens is 1. The van der Waals surface area contributed by atoms with Crippen LogP contribution in [-0.4, -0.2) is 38.5 Å². The number of carbonyl (C=O) groups excluding carboxylic acids is 2. The topological polar surface area (TPSA) is 80.6 Å². The van der Waals surface area contributed by atoms with Crippen molar-refractivity contribution in [3.63, 3.8) is 0 Å². The van der Waals surface area contributed by atoms with Crippen LogP contribution >= 0.6 is 0 Å². The zero-order chi connectivity index (χ0) is 27.4. The van der Waals surface area contributed by atoms with Crippen LogP contribution in [0.5, 0.6) is 0 Å². The van der Waals surface area contributed by atoms with E-state index in [4.69, 9.17) is 9.15 Å². The third-order valence-corrected chi connectivity index (χ3v) is 7.09. The first kappa shape index (κ1) is 26.6. The fourth-order valence-corrected chi connectivity index (χ4v) is 4.88. The maximum atomic E-state index is 13.5. The van der Waals surface area contributed by atoms with Crippen molar-refractivity contribution in [2.24, 2.45) is 0 Å². The van der Waals surface area contributed by atoms with Crippen LogP contribution in [0, 0.1) is 5.82 Å². The number of fused-ring (bicyclic) bond motifs is 1. The minimum atomic E-state index is -0.344. The summed E-state index contributed by atoms with van der Waals surface area (Å²) in [6.45, 7) is 3.41. The summed E-state index contributed by atoms with van der Waals surface area (Å²) in [7, 11) is 1.59. The van der Waals surface area contributed by atoms with E-state index in [0.29, 0.717) is 48.1 Å². The molecule has 202 valence electrons. The minimum absolute atomic E-state index is 0.0778. The van der Waals surface area contributed by atoms with Gasteiger partial charge in [-0.2, -0.15) is 0 Å². The Hall–Kier alpha value is -3.97. The van der Waals surface area contributed by atoms with Gasteiger partial charge in [0.2, 0.25) is 0 Å². The summed E-state index contributed by atoms with van der Waals surface area (Å²) in [4.78, 5) is 24.4. The molecule has 7 heteroatoms. The molecule has 4 aromatic rings. The Labute approximate surface area is 227 Å². The number of carbonyl (C=O) groups is 2. The molecule has 1 fully saturated rings. The molecule has 39 heavy (non-hydrogen) atoms. The van der Waals surface area contributed by atoms with E-state index in [1.54, 1.807) is 26.1 Å². The second-order valence-corrected chi connectivity index (χ2v) is 10.0. The van der Waals surface area contributed by atoms with Crippen molar-refractivity contribution in [2.45, 2.75) is 38.5 Å². The number of hydrogen-bond donors (Lipinski definition) is 2. The quantitative estimate of drug-likeness (QED) is 0.157. The maximum absolute atomic E-state index is 13.5. The Kier molecular flexibility index (Phi) is 8.07. The first-order chi connectivity index (χ1) is 18.9. The third kappa shape index (κ3) is 6.20. The normalized spacial score (nSPS) is 13.0. The van der Waals surface area contributed by atoms with Crippen LogP contribution in [0.15, 0.2) is 65.1 Å². The van der Waals surface area contributed by atoms with Gasteiger partial charge in [0.1, 0.15) is 17.2 Å². The number of ketones is 1. The predicted octanol–water partition coefficient (Wildman–Crippen LogP) is 6.74. The lowest BCUT2D eigenvalue weighted by molar-refractivity contribution is 0.0963. The van der Waals surface area contributed by atoms with Gasteiger partial charge in [0.25, 0.3) is 5.91 Å². The van der Waals surface area contributed by atoms with E-state index in [9.17, 15) is 14.0 Å². The molecule has 1 aromatic heterocycles. The molecule has 0 radical (unpaired) electrons. The number of Topliss-reactive ketones (excluding diaryl/α,β-unsaturated/α-hetero) is 1. The Morgan fingerprint density at radius 1 is 1.05 bits per heavy atom. The van der Waals surface area contributed by atoms with Crippen LogP contribution < -0.4 is 10.6 Å². The van der Waals surface area contributed by atoms with Gasteiger partial charge in [0, 0.05) is 48.5 Å². The summed E-state index contributed by atoms with van der Waals surface area (Å²) in [5, 5.41) is 6.97. The van der Waals surface area contributed by atoms with Crippen molar-refractivity contribution in [3.8, 4) is 11.3 Å². The largest absolute Gasteiger partial charge is 0.455 e. The van der Waals surface area contributed by atoms with Gasteiger partial charge in [-0.25, -0.2) is 4.39 Å². The molecule has 1 aliphatic rings. The average molecular weight is 529 g/mol. The molecule has 6 nitrogen and oxygen atoms in total. The van der Waals surface area contributed by atoms with E-state index in [0.717, 1.165) is 47.9 Å². The number of hydrogen-bond acceptors (Lipinski definition) is 5. The van der Waals surface area contributed by atoms with E-state index < -0.39 is 0 Å². The van der Waals surface area contributed by atoms with Gasteiger partial charge in [-0.15, -0.1) is 0 Å². The summed E-state index contributed by atoms with van der Waals surface area (Å²) in [6.07, 6.45) is 3.96. The lowest BCUT2D eigenvalue weighted by atomic mass is 10.0. The fraction of sp³-hybridized carbons (Fsp3) is 0.312. The van der Waals surface area contributed by atoms with E-state index >= 15 is 0 Å². The molecule has 0 saturated heterocycles. The second-order valence-electron chi connectivity index (χ2n) is 10.0. The van der Waals surface area contributed by atoms with Gasteiger partial charge in [-0.3, -0.25) is 9.59 Å². The van der Waals surface area contributed by atoms with Gasteiger partial charge in [-0.05, 0) is 86.1 Å². The first-order valence-electron chi connectivity index (χ1n) is 13.4.